The Hall–Kier alpha value is -1.52. The number of amidine groups is 1. The largest absolute Gasteiger partial charge is 0.350 e. The van der Waals surface area contributed by atoms with E-state index in [-0.39, 0.29) is 0 Å². The molecule has 2 bridgehead atoms. The first-order valence-electron chi connectivity index (χ1n) is 8.99. The Morgan fingerprint density at radius 3 is 2.62 bits per heavy atom. The minimum atomic E-state index is 0.486. The monoisotopic (exact) mass is 342 g/mol. The van der Waals surface area contributed by atoms with Gasteiger partial charge in [0.1, 0.15) is 5.84 Å². The van der Waals surface area contributed by atoms with E-state index in [9.17, 15) is 0 Å². The molecule has 6 rings (SSSR count). The van der Waals surface area contributed by atoms with Gasteiger partial charge in [0.15, 0.2) is 0 Å². The average Bonchev–Trinajstić information content (AvgIpc) is 2.84. The molecule has 0 radical (unpaired) electrons. The molecule has 5 heteroatoms. The average molecular weight is 343 g/mol. The minimum Gasteiger partial charge on any atom is -0.350 e. The number of hydrogen-bond donors (Lipinski definition) is 1. The molecule has 4 aliphatic heterocycles. The molecule has 1 unspecified atom stereocenters. The number of piperidine rings is 3. The SMILES string of the molecule is Cc1cn2c3c(cc(Cl)cc13)C(=N)N(C1CN3CCC1CC3)CC2. The van der Waals surface area contributed by atoms with Gasteiger partial charge in [-0.15, -0.1) is 0 Å². The zero-order valence-corrected chi connectivity index (χ0v) is 14.8. The predicted molar refractivity (Wildman–Crippen MR) is 98.2 cm³/mol. The first kappa shape index (κ1) is 14.8. The second-order valence-electron chi connectivity index (χ2n) is 7.60. The van der Waals surface area contributed by atoms with Crippen molar-refractivity contribution in [3.8, 4) is 0 Å². The summed E-state index contributed by atoms with van der Waals surface area (Å²) in [5.41, 5.74) is 3.43. The lowest BCUT2D eigenvalue weighted by Gasteiger charge is -2.49. The van der Waals surface area contributed by atoms with Crippen molar-refractivity contribution in [3.63, 3.8) is 0 Å². The lowest BCUT2D eigenvalue weighted by molar-refractivity contribution is 0.0334. The third kappa shape index (κ3) is 2.06. The molecule has 0 spiro atoms. The minimum absolute atomic E-state index is 0.486. The molecular formula is C19H23ClN4. The maximum atomic E-state index is 8.96. The zero-order chi connectivity index (χ0) is 16.4. The smallest absolute Gasteiger partial charge is 0.130 e. The van der Waals surface area contributed by atoms with Crippen LogP contribution in [0.3, 0.4) is 0 Å². The standard InChI is InChI=1S/C19H23ClN4/c1-12-10-23-6-7-24(17-11-22-4-2-13(17)3-5-22)19(21)16-9-14(20)8-15(12)18(16)23/h8-10,13,17,21H,2-7,11H2,1H3. The number of hydrogen-bond acceptors (Lipinski definition) is 2. The van der Waals surface area contributed by atoms with Crippen LogP contribution in [0.1, 0.15) is 24.0 Å². The number of fused-ring (bicyclic) bond motifs is 3. The van der Waals surface area contributed by atoms with Gasteiger partial charge in [-0.1, -0.05) is 11.6 Å². The summed E-state index contributed by atoms with van der Waals surface area (Å²) in [5.74, 6) is 1.40. The van der Waals surface area contributed by atoms with Crippen molar-refractivity contribution in [2.24, 2.45) is 5.92 Å². The number of aryl methyl sites for hydroxylation is 1. The van der Waals surface area contributed by atoms with Crippen molar-refractivity contribution < 1.29 is 0 Å². The summed E-state index contributed by atoms with van der Waals surface area (Å²) in [5, 5.41) is 10.9. The van der Waals surface area contributed by atoms with Gasteiger partial charge in [0.2, 0.25) is 0 Å². The Morgan fingerprint density at radius 2 is 1.92 bits per heavy atom. The van der Waals surface area contributed by atoms with Crippen LogP contribution in [0.4, 0.5) is 0 Å². The van der Waals surface area contributed by atoms with Crippen LogP contribution >= 0.6 is 11.6 Å². The van der Waals surface area contributed by atoms with E-state index in [1.807, 2.05) is 12.1 Å². The van der Waals surface area contributed by atoms with E-state index in [1.54, 1.807) is 0 Å². The molecule has 4 nitrogen and oxygen atoms in total. The number of halogens is 1. The van der Waals surface area contributed by atoms with Gasteiger partial charge in [-0.05, 0) is 56.5 Å². The van der Waals surface area contributed by atoms with Crippen LogP contribution in [0.25, 0.3) is 10.9 Å². The normalized spacial score (nSPS) is 29.3. The van der Waals surface area contributed by atoms with E-state index in [4.69, 9.17) is 17.0 Å². The van der Waals surface area contributed by atoms with Crippen molar-refractivity contribution in [1.29, 1.82) is 5.41 Å². The maximum Gasteiger partial charge on any atom is 0.130 e. The van der Waals surface area contributed by atoms with Gasteiger partial charge < -0.3 is 14.4 Å². The fourth-order valence-electron chi connectivity index (χ4n) is 5.03. The fourth-order valence-corrected chi connectivity index (χ4v) is 5.25. The summed E-state index contributed by atoms with van der Waals surface area (Å²) in [6.45, 7) is 7.60. The molecule has 126 valence electrons. The van der Waals surface area contributed by atoms with E-state index in [0.29, 0.717) is 11.9 Å². The van der Waals surface area contributed by atoms with E-state index in [2.05, 4.69) is 27.5 Å². The van der Waals surface area contributed by atoms with E-state index >= 15 is 0 Å². The number of benzene rings is 1. The highest BCUT2D eigenvalue weighted by Gasteiger charge is 2.39. The molecule has 3 saturated heterocycles. The summed E-state index contributed by atoms with van der Waals surface area (Å²) < 4.78 is 2.33. The van der Waals surface area contributed by atoms with Crippen LogP contribution in [0.15, 0.2) is 18.3 Å². The molecule has 1 aromatic carbocycles. The van der Waals surface area contributed by atoms with Crippen LogP contribution in [-0.4, -0.2) is 52.4 Å². The highest BCUT2D eigenvalue weighted by Crippen LogP contribution is 2.35. The van der Waals surface area contributed by atoms with Gasteiger partial charge in [0.25, 0.3) is 0 Å². The van der Waals surface area contributed by atoms with Crippen molar-refractivity contribution in [1.82, 2.24) is 14.4 Å². The topological polar surface area (TPSA) is 35.3 Å². The summed E-state index contributed by atoms with van der Waals surface area (Å²) in [6.07, 6.45) is 4.79. The van der Waals surface area contributed by atoms with Crippen molar-refractivity contribution in [2.45, 2.75) is 32.4 Å². The Labute approximate surface area is 147 Å². The lowest BCUT2D eigenvalue weighted by atomic mass is 9.83. The summed E-state index contributed by atoms with van der Waals surface area (Å²) >= 11 is 6.39. The van der Waals surface area contributed by atoms with Gasteiger partial charge in [-0.25, -0.2) is 0 Å². The molecule has 1 aromatic heterocycles. The summed E-state index contributed by atoms with van der Waals surface area (Å²) in [7, 11) is 0. The van der Waals surface area contributed by atoms with Crippen LogP contribution in [0.5, 0.6) is 0 Å². The summed E-state index contributed by atoms with van der Waals surface area (Å²) in [4.78, 5) is 4.93. The van der Waals surface area contributed by atoms with Crippen LogP contribution < -0.4 is 0 Å². The quantitative estimate of drug-likeness (QED) is 0.862. The highest BCUT2D eigenvalue weighted by molar-refractivity contribution is 6.32. The van der Waals surface area contributed by atoms with Gasteiger partial charge in [0, 0.05) is 47.8 Å². The number of nitrogens with one attached hydrogen (secondary N) is 1. The fraction of sp³-hybridized carbons (Fsp3) is 0.526. The van der Waals surface area contributed by atoms with Crippen molar-refractivity contribution in [3.05, 3.63) is 34.5 Å². The molecular weight excluding hydrogens is 320 g/mol. The van der Waals surface area contributed by atoms with E-state index in [1.165, 1.54) is 42.4 Å². The number of rotatable bonds is 1. The third-order valence-corrected chi connectivity index (χ3v) is 6.50. The predicted octanol–water partition coefficient (Wildman–Crippen LogP) is 3.34. The van der Waals surface area contributed by atoms with Crippen LogP contribution in [-0.2, 0) is 6.54 Å². The van der Waals surface area contributed by atoms with Gasteiger partial charge in [-0.3, -0.25) is 5.41 Å². The van der Waals surface area contributed by atoms with Crippen molar-refractivity contribution >= 4 is 28.3 Å². The molecule has 5 heterocycles. The maximum absolute atomic E-state index is 8.96. The molecule has 1 atom stereocenters. The Balaban J connectivity index is 1.60. The van der Waals surface area contributed by atoms with Gasteiger partial charge in [-0.2, -0.15) is 0 Å². The molecule has 3 fully saturated rings. The summed E-state index contributed by atoms with van der Waals surface area (Å²) in [6, 6.07) is 4.52. The Bertz CT molecular complexity index is 831. The van der Waals surface area contributed by atoms with Crippen molar-refractivity contribution in [2.75, 3.05) is 26.2 Å². The van der Waals surface area contributed by atoms with E-state index in [0.717, 1.165) is 36.1 Å². The molecule has 2 aromatic rings. The first-order chi connectivity index (χ1) is 11.6. The highest BCUT2D eigenvalue weighted by atomic mass is 35.5. The molecule has 0 amide bonds. The lowest BCUT2D eigenvalue weighted by Crippen LogP contribution is -2.58. The second kappa shape index (κ2) is 5.24. The van der Waals surface area contributed by atoms with Gasteiger partial charge >= 0.3 is 0 Å². The number of nitrogens with zero attached hydrogens (tertiary/aromatic N) is 3. The molecule has 4 aliphatic rings. The molecule has 0 aliphatic carbocycles. The van der Waals surface area contributed by atoms with Crippen LogP contribution in [0, 0.1) is 18.3 Å². The molecule has 1 N–H and O–H groups in total. The molecule has 24 heavy (non-hydrogen) atoms. The first-order valence-corrected chi connectivity index (χ1v) is 9.36. The third-order valence-electron chi connectivity index (χ3n) is 6.28. The van der Waals surface area contributed by atoms with Gasteiger partial charge in [0.05, 0.1) is 5.52 Å². The molecule has 0 saturated carbocycles. The van der Waals surface area contributed by atoms with E-state index < -0.39 is 0 Å². The Morgan fingerprint density at radius 1 is 1.12 bits per heavy atom. The second-order valence-corrected chi connectivity index (χ2v) is 8.04. The van der Waals surface area contributed by atoms with Crippen LogP contribution in [0.2, 0.25) is 5.02 Å². The Kier molecular flexibility index (Phi) is 3.23. The number of aromatic nitrogens is 1. The zero-order valence-electron chi connectivity index (χ0n) is 14.1.